The van der Waals surface area contributed by atoms with Crippen LogP contribution in [0.15, 0.2) is 48.7 Å². The summed E-state index contributed by atoms with van der Waals surface area (Å²) in [6.45, 7) is 3.83. The predicted molar refractivity (Wildman–Crippen MR) is 81.8 cm³/mol. The molecule has 1 nitrogen and oxygen atoms in total. The fourth-order valence-corrected chi connectivity index (χ4v) is 2.49. The van der Waals surface area contributed by atoms with Crippen molar-refractivity contribution in [2.75, 3.05) is 0 Å². The summed E-state index contributed by atoms with van der Waals surface area (Å²) >= 11 is 0. The Hall–Kier alpha value is -2.17. The van der Waals surface area contributed by atoms with Gasteiger partial charge in [0.05, 0.1) is 0 Å². The molecule has 21 heavy (non-hydrogen) atoms. The average Bonchev–Trinajstić information content (AvgIpc) is 2.45. The molecule has 0 N–H and O–H groups in total. The van der Waals surface area contributed by atoms with Gasteiger partial charge in [-0.3, -0.25) is 0 Å². The molecule has 1 aliphatic heterocycles. The van der Waals surface area contributed by atoms with Gasteiger partial charge in [0.2, 0.25) is 0 Å². The van der Waals surface area contributed by atoms with E-state index in [1.807, 2.05) is 0 Å². The van der Waals surface area contributed by atoms with Crippen molar-refractivity contribution >= 4 is 20.9 Å². The number of ether oxygens (including phenoxy) is 1. The summed E-state index contributed by atoms with van der Waals surface area (Å²) in [5.74, 6) is 0.932. The Morgan fingerprint density at radius 3 is 2.62 bits per heavy atom. The van der Waals surface area contributed by atoms with Gasteiger partial charge in [0, 0.05) is 22.8 Å². The van der Waals surface area contributed by atoms with Crippen molar-refractivity contribution in [3.05, 3.63) is 77.6 Å². The van der Waals surface area contributed by atoms with Crippen molar-refractivity contribution in [3.8, 4) is 5.75 Å². The molecule has 4 heteroatoms. The molecule has 0 spiro atoms. The molecule has 0 amide bonds. The summed E-state index contributed by atoms with van der Waals surface area (Å²) in [7, 11) is 1.56. The van der Waals surface area contributed by atoms with Gasteiger partial charge in [-0.2, -0.15) is 8.78 Å². The Balaban J connectivity index is 2.18. The van der Waals surface area contributed by atoms with Crippen LogP contribution in [0.1, 0.15) is 16.7 Å². The van der Waals surface area contributed by atoms with E-state index in [1.54, 1.807) is 45.6 Å². The fourth-order valence-electron chi connectivity index (χ4n) is 2.24. The van der Waals surface area contributed by atoms with Gasteiger partial charge in [-0.15, -0.1) is 0 Å². The molecular weight excluding hydrogens is 289 g/mol. The van der Waals surface area contributed by atoms with Crippen LogP contribution in [0.4, 0.5) is 8.78 Å². The van der Waals surface area contributed by atoms with Crippen molar-refractivity contribution in [1.29, 1.82) is 0 Å². The monoisotopic (exact) mass is 300 g/mol. The lowest BCUT2D eigenvalue weighted by Gasteiger charge is -2.22. The zero-order chi connectivity index (χ0) is 15.0. The Morgan fingerprint density at radius 2 is 1.86 bits per heavy atom. The van der Waals surface area contributed by atoms with E-state index >= 15 is 0 Å². The molecule has 3 rings (SSSR count). The highest BCUT2D eigenvalue weighted by atomic mass is 31.0. The van der Waals surface area contributed by atoms with Gasteiger partial charge in [-0.05, 0) is 17.7 Å². The molecule has 1 aliphatic rings. The van der Waals surface area contributed by atoms with E-state index in [-0.39, 0.29) is 5.56 Å². The van der Waals surface area contributed by atoms with Crippen LogP contribution in [-0.4, -0.2) is 0 Å². The van der Waals surface area contributed by atoms with Gasteiger partial charge in [0.1, 0.15) is 11.5 Å². The lowest BCUT2D eigenvalue weighted by Crippen LogP contribution is -2.10. The summed E-state index contributed by atoms with van der Waals surface area (Å²) < 4.78 is 33.1. The third-order valence-electron chi connectivity index (χ3n) is 3.21. The molecule has 104 valence electrons. The molecule has 0 saturated heterocycles. The van der Waals surface area contributed by atoms with Gasteiger partial charge < -0.3 is 4.74 Å². The number of allylic oxidation sites excluding steroid dienone is 1. The maximum absolute atomic E-state index is 13.7. The quantitative estimate of drug-likeness (QED) is 0.733. The molecule has 0 aliphatic carbocycles. The van der Waals surface area contributed by atoms with Gasteiger partial charge >= 0.3 is 0 Å². The van der Waals surface area contributed by atoms with Gasteiger partial charge in [-0.25, -0.2) is 0 Å². The maximum Gasteiger partial charge on any atom is 0.284 e. The van der Waals surface area contributed by atoms with Gasteiger partial charge in [0.25, 0.3) is 5.66 Å². The van der Waals surface area contributed by atoms with E-state index in [4.69, 9.17) is 4.74 Å². The van der Waals surface area contributed by atoms with Crippen molar-refractivity contribution < 1.29 is 13.5 Å². The average molecular weight is 300 g/mol. The summed E-state index contributed by atoms with van der Waals surface area (Å²) in [4.78, 5) is 0. The van der Waals surface area contributed by atoms with E-state index in [2.05, 4.69) is 18.7 Å². The van der Waals surface area contributed by atoms with E-state index in [0.29, 0.717) is 22.6 Å². The number of rotatable bonds is 2. The normalized spacial score (nSPS) is 13.9. The van der Waals surface area contributed by atoms with Crippen LogP contribution < -0.4 is 4.74 Å². The predicted octanol–water partition coefficient (Wildman–Crippen LogP) is 4.66. The van der Waals surface area contributed by atoms with Gasteiger partial charge in [0.15, 0.2) is 0 Å². The van der Waals surface area contributed by atoms with Crippen LogP contribution >= 0.6 is 9.24 Å². The molecule has 1 unspecified atom stereocenters. The maximum atomic E-state index is 13.7. The van der Waals surface area contributed by atoms with E-state index in [0.717, 1.165) is 5.56 Å². The Labute approximate surface area is 124 Å². The first-order valence-electron chi connectivity index (χ1n) is 6.24. The van der Waals surface area contributed by atoms with Crippen LogP contribution in [0.2, 0.25) is 0 Å². The van der Waals surface area contributed by atoms with Crippen molar-refractivity contribution in [3.63, 3.8) is 0 Å². The van der Waals surface area contributed by atoms with Crippen LogP contribution in [0.5, 0.6) is 5.75 Å². The second-order valence-corrected chi connectivity index (χ2v) is 5.37. The number of fused-ring (bicyclic) bond motifs is 1. The number of benzene rings is 1. The Morgan fingerprint density at radius 1 is 1.14 bits per heavy atom. The number of halogens is 2. The highest BCUT2D eigenvalue weighted by molar-refractivity contribution is 7.17. The first kappa shape index (κ1) is 13.8. The first-order valence-corrected chi connectivity index (χ1v) is 6.82. The van der Waals surface area contributed by atoms with Crippen molar-refractivity contribution in [2.24, 2.45) is 0 Å². The van der Waals surface area contributed by atoms with Crippen LogP contribution in [-0.2, 0) is 5.66 Å². The molecule has 0 saturated carbocycles. The summed E-state index contributed by atoms with van der Waals surface area (Å²) in [6.07, 6.45) is 1.78. The lowest BCUT2D eigenvalue weighted by atomic mass is 9.95. The number of hydrogen-bond donors (Lipinski definition) is 0. The molecule has 1 atom stereocenters. The zero-order valence-electron chi connectivity index (χ0n) is 11.0. The molecule has 2 aromatic carbocycles. The van der Waals surface area contributed by atoms with E-state index in [1.165, 1.54) is 6.07 Å². The minimum atomic E-state index is -3.02. The highest BCUT2D eigenvalue weighted by Gasteiger charge is 2.30. The zero-order valence-corrected chi connectivity index (χ0v) is 12.1. The summed E-state index contributed by atoms with van der Waals surface area (Å²) in [6, 6.07) is 15.3. The smallest absolute Gasteiger partial charge is 0.284 e. The van der Waals surface area contributed by atoms with Crippen molar-refractivity contribution in [2.45, 2.75) is 5.66 Å². The standard InChI is InChI=1S/C17H11F2OP/c1-11-14(10-12-6-2-5-9-16(12)20-11)13-7-3-4-8-15(13)17(18,19)21/h3-4,6-10H,1,21H2. The first-order chi connectivity index (χ1) is 9.97. The molecule has 0 bridgehead atoms. The Kier molecular flexibility index (Phi) is 3.27. The summed E-state index contributed by atoms with van der Waals surface area (Å²) in [5.41, 5.74) is -1.39. The highest BCUT2D eigenvalue weighted by Crippen LogP contribution is 2.42. The largest absolute Gasteiger partial charge is 0.456 e. The SMILES string of the molecule is C=C1Oc2cc#ccc2C=C1c1ccccc1C(F)(F)P. The molecule has 0 radical (unpaired) electrons. The minimum absolute atomic E-state index is 0.0825. The molecular formula is C17H11F2OP. The number of hydrogen-bond acceptors (Lipinski definition) is 1. The molecule has 2 aromatic rings. The van der Waals surface area contributed by atoms with Crippen LogP contribution in [0, 0.1) is 12.1 Å². The third-order valence-corrected chi connectivity index (χ3v) is 3.52. The molecule has 0 aromatic heterocycles. The Bertz CT molecular complexity index is 744. The summed E-state index contributed by atoms with van der Waals surface area (Å²) in [5, 5.41) is 0. The third kappa shape index (κ3) is 2.55. The van der Waals surface area contributed by atoms with Crippen LogP contribution in [0.3, 0.4) is 0 Å². The fraction of sp³-hybridized carbons (Fsp3) is 0.0588. The molecule has 0 fully saturated rings. The van der Waals surface area contributed by atoms with E-state index < -0.39 is 5.66 Å². The van der Waals surface area contributed by atoms with Gasteiger partial charge in [-0.1, -0.05) is 52.2 Å². The molecule has 1 heterocycles. The van der Waals surface area contributed by atoms with E-state index in [9.17, 15) is 8.78 Å². The second-order valence-electron chi connectivity index (χ2n) is 4.65. The van der Waals surface area contributed by atoms with Crippen molar-refractivity contribution in [1.82, 2.24) is 0 Å². The van der Waals surface area contributed by atoms with Crippen LogP contribution in [0.25, 0.3) is 11.6 Å². The topological polar surface area (TPSA) is 9.23 Å². The number of alkyl halides is 2. The second kappa shape index (κ2) is 4.98. The lowest BCUT2D eigenvalue weighted by molar-refractivity contribution is 0.103. The minimum Gasteiger partial charge on any atom is -0.456 e.